The average Bonchev–Trinajstić information content (AvgIpc) is 3.18. The molecule has 1 N–H and O–H groups in total. The number of carbonyl (C=O) groups excluding carboxylic acids is 2. The highest BCUT2D eigenvalue weighted by atomic mass is 16.5. The standard InChI is InChI=1S/C14H23NO3/c1-2-18-14(17)12-9-11(12)13(16)4-3-10-5-7-15-8-6-10/h10-12,15H,2-9H2,1H3/t11-,12-/m0/s1. The van der Waals surface area contributed by atoms with Crippen molar-refractivity contribution in [3.63, 3.8) is 0 Å². The zero-order valence-corrected chi connectivity index (χ0v) is 11.1. The Bertz CT molecular complexity index is 310. The molecule has 0 radical (unpaired) electrons. The minimum atomic E-state index is -0.183. The third kappa shape index (κ3) is 3.55. The lowest BCUT2D eigenvalue weighted by Gasteiger charge is -2.22. The van der Waals surface area contributed by atoms with Crippen molar-refractivity contribution in [1.82, 2.24) is 5.32 Å². The molecule has 1 aliphatic heterocycles. The molecule has 102 valence electrons. The molecule has 1 heterocycles. The largest absolute Gasteiger partial charge is 0.466 e. The van der Waals surface area contributed by atoms with E-state index in [4.69, 9.17) is 4.74 Å². The Morgan fingerprint density at radius 1 is 1.22 bits per heavy atom. The van der Waals surface area contributed by atoms with E-state index in [1.54, 1.807) is 6.92 Å². The van der Waals surface area contributed by atoms with Crippen LogP contribution in [0.3, 0.4) is 0 Å². The quantitative estimate of drug-likeness (QED) is 0.729. The Morgan fingerprint density at radius 3 is 2.61 bits per heavy atom. The average molecular weight is 253 g/mol. The summed E-state index contributed by atoms with van der Waals surface area (Å²) in [4.78, 5) is 23.4. The van der Waals surface area contributed by atoms with E-state index in [2.05, 4.69) is 5.32 Å². The highest BCUT2D eigenvalue weighted by Gasteiger charge is 2.48. The van der Waals surface area contributed by atoms with Crippen LogP contribution in [-0.4, -0.2) is 31.4 Å². The summed E-state index contributed by atoms with van der Waals surface area (Å²) in [6, 6.07) is 0. The van der Waals surface area contributed by atoms with Gasteiger partial charge in [-0.2, -0.15) is 0 Å². The number of piperidine rings is 1. The maximum atomic E-state index is 11.9. The number of rotatable bonds is 6. The van der Waals surface area contributed by atoms with Gasteiger partial charge in [0.05, 0.1) is 12.5 Å². The molecule has 1 aliphatic carbocycles. The topological polar surface area (TPSA) is 55.4 Å². The highest BCUT2D eigenvalue weighted by Crippen LogP contribution is 2.41. The monoisotopic (exact) mass is 253 g/mol. The fourth-order valence-electron chi connectivity index (χ4n) is 2.76. The minimum Gasteiger partial charge on any atom is -0.466 e. The van der Waals surface area contributed by atoms with Crippen molar-refractivity contribution in [2.45, 2.75) is 39.0 Å². The smallest absolute Gasteiger partial charge is 0.309 e. The van der Waals surface area contributed by atoms with E-state index < -0.39 is 0 Å². The second-order valence-electron chi connectivity index (χ2n) is 5.40. The van der Waals surface area contributed by atoms with Crippen LogP contribution in [-0.2, 0) is 14.3 Å². The number of ether oxygens (including phenoxy) is 1. The molecular weight excluding hydrogens is 230 g/mol. The lowest BCUT2D eigenvalue weighted by Crippen LogP contribution is -2.28. The summed E-state index contributed by atoms with van der Waals surface area (Å²) in [6.07, 6.45) is 4.71. The summed E-state index contributed by atoms with van der Waals surface area (Å²) >= 11 is 0. The van der Waals surface area contributed by atoms with Crippen LogP contribution < -0.4 is 5.32 Å². The van der Waals surface area contributed by atoms with Gasteiger partial charge in [-0.25, -0.2) is 0 Å². The van der Waals surface area contributed by atoms with Crippen molar-refractivity contribution < 1.29 is 14.3 Å². The summed E-state index contributed by atoms with van der Waals surface area (Å²) in [5.41, 5.74) is 0. The van der Waals surface area contributed by atoms with Gasteiger partial charge in [0, 0.05) is 12.3 Å². The molecule has 2 aliphatic rings. The van der Waals surface area contributed by atoms with Crippen LogP contribution >= 0.6 is 0 Å². The molecule has 0 aromatic heterocycles. The number of Topliss-reactive ketones (excluding diaryl/α,β-unsaturated/α-hetero) is 1. The van der Waals surface area contributed by atoms with Gasteiger partial charge in [-0.1, -0.05) is 0 Å². The molecule has 18 heavy (non-hydrogen) atoms. The Balaban J connectivity index is 1.65. The molecule has 0 amide bonds. The molecule has 0 bridgehead atoms. The summed E-state index contributed by atoms with van der Waals surface area (Å²) in [5.74, 6) is 0.607. The van der Waals surface area contributed by atoms with Crippen LogP contribution in [0.1, 0.15) is 39.0 Å². The molecule has 4 nitrogen and oxygen atoms in total. The molecule has 0 aromatic rings. The molecule has 1 saturated heterocycles. The van der Waals surface area contributed by atoms with Crippen LogP contribution in [0.25, 0.3) is 0 Å². The van der Waals surface area contributed by atoms with Crippen molar-refractivity contribution in [3.05, 3.63) is 0 Å². The first-order valence-corrected chi connectivity index (χ1v) is 7.12. The van der Waals surface area contributed by atoms with Crippen molar-refractivity contribution in [3.8, 4) is 0 Å². The molecule has 2 fully saturated rings. The highest BCUT2D eigenvalue weighted by molar-refractivity contribution is 5.91. The van der Waals surface area contributed by atoms with E-state index in [9.17, 15) is 9.59 Å². The van der Waals surface area contributed by atoms with Crippen LogP contribution in [0.5, 0.6) is 0 Å². The molecule has 2 rings (SSSR count). The van der Waals surface area contributed by atoms with Gasteiger partial charge in [-0.15, -0.1) is 0 Å². The van der Waals surface area contributed by atoms with Crippen molar-refractivity contribution >= 4 is 11.8 Å². The third-order valence-corrected chi connectivity index (χ3v) is 4.05. The SMILES string of the molecule is CCOC(=O)[C@H]1C[C@@H]1C(=O)CCC1CCNCC1. The minimum absolute atomic E-state index is 0.0363. The Hall–Kier alpha value is -0.900. The van der Waals surface area contributed by atoms with E-state index in [0.29, 0.717) is 25.4 Å². The maximum absolute atomic E-state index is 11.9. The van der Waals surface area contributed by atoms with Crippen LogP contribution in [0.4, 0.5) is 0 Å². The van der Waals surface area contributed by atoms with E-state index in [0.717, 1.165) is 19.5 Å². The molecule has 1 saturated carbocycles. The third-order valence-electron chi connectivity index (χ3n) is 4.05. The van der Waals surface area contributed by atoms with Crippen LogP contribution in [0.15, 0.2) is 0 Å². The van der Waals surface area contributed by atoms with Gasteiger partial charge in [0.1, 0.15) is 5.78 Å². The maximum Gasteiger partial charge on any atom is 0.309 e. The molecular formula is C14H23NO3. The summed E-state index contributed by atoms with van der Waals surface area (Å²) in [5, 5.41) is 3.33. The second kappa shape index (κ2) is 6.32. The zero-order valence-electron chi connectivity index (χ0n) is 11.1. The predicted octanol–water partition coefficient (Wildman–Crippen LogP) is 1.53. The van der Waals surface area contributed by atoms with Gasteiger partial charge in [0.25, 0.3) is 0 Å². The number of hydrogen-bond donors (Lipinski definition) is 1. The Morgan fingerprint density at radius 2 is 1.94 bits per heavy atom. The predicted molar refractivity (Wildman–Crippen MR) is 68.1 cm³/mol. The summed E-state index contributed by atoms with van der Waals surface area (Å²) in [7, 11) is 0. The second-order valence-corrected chi connectivity index (χ2v) is 5.40. The van der Waals surface area contributed by atoms with E-state index >= 15 is 0 Å². The van der Waals surface area contributed by atoms with Crippen LogP contribution in [0, 0.1) is 17.8 Å². The van der Waals surface area contributed by atoms with E-state index in [1.807, 2.05) is 0 Å². The van der Waals surface area contributed by atoms with Crippen molar-refractivity contribution in [2.24, 2.45) is 17.8 Å². The van der Waals surface area contributed by atoms with E-state index in [1.165, 1.54) is 12.8 Å². The van der Waals surface area contributed by atoms with Crippen molar-refractivity contribution in [2.75, 3.05) is 19.7 Å². The number of carbonyl (C=O) groups is 2. The Labute approximate surface area is 108 Å². The zero-order chi connectivity index (χ0) is 13.0. The van der Waals surface area contributed by atoms with Gasteiger partial charge in [-0.3, -0.25) is 9.59 Å². The molecule has 4 heteroatoms. The van der Waals surface area contributed by atoms with E-state index in [-0.39, 0.29) is 23.6 Å². The van der Waals surface area contributed by atoms with Crippen molar-refractivity contribution in [1.29, 1.82) is 0 Å². The Kier molecular flexibility index (Phi) is 4.75. The first kappa shape index (κ1) is 13.5. The van der Waals surface area contributed by atoms with Gasteiger partial charge in [0.15, 0.2) is 0 Å². The first-order chi connectivity index (χ1) is 8.72. The summed E-state index contributed by atoms with van der Waals surface area (Å²) in [6.45, 7) is 4.36. The lowest BCUT2D eigenvalue weighted by molar-refractivity contribution is -0.145. The number of hydrogen-bond acceptors (Lipinski definition) is 4. The number of ketones is 1. The summed E-state index contributed by atoms with van der Waals surface area (Å²) < 4.78 is 4.94. The first-order valence-electron chi connectivity index (χ1n) is 7.12. The van der Waals surface area contributed by atoms with Gasteiger partial charge < -0.3 is 10.1 Å². The van der Waals surface area contributed by atoms with Gasteiger partial charge >= 0.3 is 5.97 Å². The number of esters is 1. The molecule has 2 atom stereocenters. The van der Waals surface area contributed by atoms with Crippen LogP contribution in [0.2, 0.25) is 0 Å². The normalized spacial score (nSPS) is 27.8. The fourth-order valence-corrected chi connectivity index (χ4v) is 2.76. The molecule has 0 unspecified atom stereocenters. The lowest BCUT2D eigenvalue weighted by atomic mass is 9.91. The number of nitrogens with one attached hydrogen (secondary N) is 1. The fraction of sp³-hybridized carbons (Fsp3) is 0.857. The van der Waals surface area contributed by atoms with Gasteiger partial charge in [-0.05, 0) is 51.6 Å². The molecule has 0 aromatic carbocycles. The molecule has 0 spiro atoms. The van der Waals surface area contributed by atoms with Gasteiger partial charge in [0.2, 0.25) is 0 Å².